The van der Waals surface area contributed by atoms with Crippen LogP contribution in [0.25, 0.3) is 10.9 Å². The molecule has 2 atom stereocenters. The first-order valence-electron chi connectivity index (χ1n) is 8.51. The molecule has 0 radical (unpaired) electrons. The van der Waals surface area contributed by atoms with E-state index in [2.05, 4.69) is 26.3 Å². The standard InChI is InChI=1S/C18H18ClN5O/c1-11-6-12(19)7-14-15(2-4-20-18(11)14)23-5-3-16-17(9-23)25-10-13-8-21-22-24(13)16/h2,4,6-8,16-17H,3,5,9-10H2,1H3/t16-,17-/m0/s1. The number of pyridine rings is 1. The molecule has 0 N–H and O–H groups in total. The summed E-state index contributed by atoms with van der Waals surface area (Å²) in [7, 11) is 0. The maximum atomic E-state index is 6.30. The Labute approximate surface area is 150 Å². The molecule has 0 bridgehead atoms. The number of aryl methyl sites for hydroxylation is 1. The fraction of sp³-hybridized carbons (Fsp3) is 0.389. The maximum absolute atomic E-state index is 6.30. The van der Waals surface area contributed by atoms with Gasteiger partial charge in [0.25, 0.3) is 0 Å². The first-order valence-corrected chi connectivity index (χ1v) is 8.89. The molecule has 7 heteroatoms. The summed E-state index contributed by atoms with van der Waals surface area (Å²) < 4.78 is 8.13. The van der Waals surface area contributed by atoms with Crippen molar-refractivity contribution in [2.24, 2.45) is 0 Å². The van der Waals surface area contributed by atoms with Crippen LogP contribution in [0.5, 0.6) is 0 Å². The van der Waals surface area contributed by atoms with Crippen molar-refractivity contribution >= 4 is 28.2 Å². The Morgan fingerprint density at radius 3 is 3.16 bits per heavy atom. The fourth-order valence-corrected chi connectivity index (χ4v) is 4.33. The van der Waals surface area contributed by atoms with Gasteiger partial charge in [0.15, 0.2) is 0 Å². The Morgan fingerprint density at radius 2 is 2.24 bits per heavy atom. The number of rotatable bonds is 1. The largest absolute Gasteiger partial charge is 0.368 e. The van der Waals surface area contributed by atoms with Gasteiger partial charge in [-0.05, 0) is 37.1 Å². The normalized spacial score (nSPS) is 22.7. The molecule has 1 fully saturated rings. The van der Waals surface area contributed by atoms with Crippen LogP contribution < -0.4 is 4.90 Å². The molecule has 0 aliphatic carbocycles. The second kappa shape index (κ2) is 5.68. The molecule has 5 rings (SSSR count). The van der Waals surface area contributed by atoms with Crippen molar-refractivity contribution < 1.29 is 4.74 Å². The zero-order valence-electron chi connectivity index (χ0n) is 13.9. The molecule has 25 heavy (non-hydrogen) atoms. The van der Waals surface area contributed by atoms with Crippen LogP contribution in [0.1, 0.15) is 23.7 Å². The van der Waals surface area contributed by atoms with Crippen LogP contribution in [-0.4, -0.2) is 39.2 Å². The van der Waals surface area contributed by atoms with Crippen molar-refractivity contribution in [1.82, 2.24) is 20.0 Å². The van der Waals surface area contributed by atoms with Crippen LogP contribution in [0.15, 0.2) is 30.6 Å². The third kappa shape index (κ3) is 2.40. The van der Waals surface area contributed by atoms with Gasteiger partial charge in [0, 0.05) is 35.4 Å². The number of fused-ring (bicyclic) bond motifs is 4. The first-order chi connectivity index (χ1) is 12.2. The highest BCUT2D eigenvalue weighted by molar-refractivity contribution is 6.31. The van der Waals surface area contributed by atoms with Crippen molar-refractivity contribution in [1.29, 1.82) is 0 Å². The second-order valence-electron chi connectivity index (χ2n) is 6.77. The minimum absolute atomic E-state index is 0.117. The SMILES string of the molecule is Cc1cc(Cl)cc2c(N3CC[C@H]4[C@H](C3)OCc3cnnn34)ccnc12. The Morgan fingerprint density at radius 1 is 1.32 bits per heavy atom. The van der Waals surface area contributed by atoms with Crippen LogP contribution in [-0.2, 0) is 11.3 Å². The topological polar surface area (TPSA) is 56.1 Å². The van der Waals surface area contributed by atoms with E-state index in [9.17, 15) is 0 Å². The number of piperidine rings is 1. The van der Waals surface area contributed by atoms with Gasteiger partial charge in [-0.15, -0.1) is 5.10 Å². The Balaban J connectivity index is 1.51. The lowest BCUT2D eigenvalue weighted by Crippen LogP contribution is -2.48. The Hall–Kier alpha value is -2.18. The van der Waals surface area contributed by atoms with Gasteiger partial charge in [-0.3, -0.25) is 4.98 Å². The van der Waals surface area contributed by atoms with E-state index in [0.717, 1.165) is 46.7 Å². The highest BCUT2D eigenvalue weighted by atomic mass is 35.5. The molecule has 2 aliphatic rings. The molecule has 2 aromatic heterocycles. The maximum Gasteiger partial charge on any atom is 0.0980 e. The molecular formula is C18H18ClN5O. The number of hydrogen-bond acceptors (Lipinski definition) is 5. The molecule has 2 aliphatic heterocycles. The summed E-state index contributed by atoms with van der Waals surface area (Å²) in [5, 5.41) is 10.1. The minimum Gasteiger partial charge on any atom is -0.368 e. The monoisotopic (exact) mass is 355 g/mol. The lowest BCUT2D eigenvalue weighted by molar-refractivity contribution is -0.0333. The van der Waals surface area contributed by atoms with Crippen LogP contribution in [0.4, 0.5) is 5.69 Å². The smallest absolute Gasteiger partial charge is 0.0980 e. The Kier molecular flexibility index (Phi) is 3.43. The van der Waals surface area contributed by atoms with E-state index in [0.29, 0.717) is 6.61 Å². The van der Waals surface area contributed by atoms with Crippen molar-refractivity contribution in [2.75, 3.05) is 18.0 Å². The van der Waals surface area contributed by atoms with Crippen molar-refractivity contribution in [3.63, 3.8) is 0 Å². The molecule has 0 amide bonds. The third-order valence-electron chi connectivity index (χ3n) is 5.25. The van der Waals surface area contributed by atoms with Crippen LogP contribution in [0, 0.1) is 6.92 Å². The van der Waals surface area contributed by atoms with Crippen LogP contribution >= 0.6 is 11.6 Å². The van der Waals surface area contributed by atoms with Gasteiger partial charge in [0.2, 0.25) is 0 Å². The molecule has 1 saturated heterocycles. The lowest BCUT2D eigenvalue weighted by atomic mass is 9.98. The molecule has 128 valence electrons. The molecule has 3 aromatic rings. The molecule has 0 unspecified atom stereocenters. The predicted molar refractivity (Wildman–Crippen MR) is 96.0 cm³/mol. The number of benzene rings is 1. The summed E-state index contributed by atoms with van der Waals surface area (Å²) in [4.78, 5) is 6.92. The third-order valence-corrected chi connectivity index (χ3v) is 5.47. The van der Waals surface area contributed by atoms with Gasteiger partial charge in [-0.2, -0.15) is 0 Å². The fourth-order valence-electron chi connectivity index (χ4n) is 4.06. The van der Waals surface area contributed by atoms with E-state index in [1.807, 2.05) is 29.9 Å². The Bertz CT molecular complexity index is 956. The summed E-state index contributed by atoms with van der Waals surface area (Å²) >= 11 is 6.30. The highest BCUT2D eigenvalue weighted by Gasteiger charge is 2.36. The minimum atomic E-state index is 0.117. The number of ether oxygens (including phenoxy) is 1. The van der Waals surface area contributed by atoms with Gasteiger partial charge < -0.3 is 9.64 Å². The van der Waals surface area contributed by atoms with Gasteiger partial charge >= 0.3 is 0 Å². The summed E-state index contributed by atoms with van der Waals surface area (Å²) in [6, 6.07) is 6.31. The van der Waals surface area contributed by atoms with Gasteiger partial charge in [0.05, 0.1) is 36.2 Å². The van der Waals surface area contributed by atoms with Gasteiger partial charge in [0.1, 0.15) is 0 Å². The second-order valence-corrected chi connectivity index (χ2v) is 7.21. The van der Waals surface area contributed by atoms with E-state index in [-0.39, 0.29) is 12.1 Å². The quantitative estimate of drug-likeness (QED) is 0.671. The molecule has 0 spiro atoms. The molecule has 4 heterocycles. The van der Waals surface area contributed by atoms with Gasteiger partial charge in [-0.1, -0.05) is 16.8 Å². The average Bonchev–Trinajstić information content (AvgIpc) is 3.10. The summed E-state index contributed by atoms with van der Waals surface area (Å²) in [6.45, 7) is 4.39. The number of nitrogens with zero attached hydrogens (tertiary/aromatic N) is 5. The number of hydrogen-bond donors (Lipinski definition) is 0. The summed E-state index contributed by atoms with van der Waals surface area (Å²) in [5.41, 5.74) is 4.33. The van der Waals surface area contributed by atoms with E-state index < -0.39 is 0 Å². The van der Waals surface area contributed by atoms with Crippen molar-refractivity contribution in [3.8, 4) is 0 Å². The average molecular weight is 356 g/mol. The molecular weight excluding hydrogens is 338 g/mol. The van der Waals surface area contributed by atoms with Crippen LogP contribution in [0.2, 0.25) is 5.02 Å². The number of halogens is 1. The highest BCUT2D eigenvalue weighted by Crippen LogP contribution is 2.36. The van der Waals surface area contributed by atoms with E-state index >= 15 is 0 Å². The number of aromatic nitrogens is 4. The van der Waals surface area contributed by atoms with Crippen LogP contribution in [0.3, 0.4) is 0 Å². The lowest BCUT2D eigenvalue weighted by Gasteiger charge is -2.42. The number of anilines is 1. The van der Waals surface area contributed by atoms with E-state index in [4.69, 9.17) is 16.3 Å². The predicted octanol–water partition coefficient (Wildman–Crippen LogP) is 3.14. The van der Waals surface area contributed by atoms with Crippen molar-refractivity contribution in [2.45, 2.75) is 32.1 Å². The van der Waals surface area contributed by atoms with Crippen molar-refractivity contribution in [3.05, 3.63) is 46.9 Å². The summed E-state index contributed by atoms with van der Waals surface area (Å²) in [6.07, 6.45) is 4.77. The zero-order chi connectivity index (χ0) is 17.0. The first kappa shape index (κ1) is 15.1. The molecule has 1 aromatic carbocycles. The zero-order valence-corrected chi connectivity index (χ0v) is 14.6. The molecule has 0 saturated carbocycles. The summed E-state index contributed by atoms with van der Waals surface area (Å²) in [5.74, 6) is 0. The van der Waals surface area contributed by atoms with E-state index in [1.54, 1.807) is 6.20 Å². The van der Waals surface area contributed by atoms with E-state index in [1.165, 1.54) is 5.69 Å². The van der Waals surface area contributed by atoms with Gasteiger partial charge in [-0.25, -0.2) is 4.68 Å². The molecule has 6 nitrogen and oxygen atoms in total.